The van der Waals surface area contributed by atoms with E-state index in [1.165, 1.54) is 7.11 Å². The molecule has 1 heterocycles. The lowest BCUT2D eigenvalue weighted by Crippen LogP contribution is -2.22. The van der Waals surface area contributed by atoms with Crippen LogP contribution in [0.2, 0.25) is 0 Å². The van der Waals surface area contributed by atoms with Crippen LogP contribution >= 0.6 is 0 Å². The molecule has 0 fully saturated rings. The third-order valence-electron chi connectivity index (χ3n) is 4.22. The Labute approximate surface area is 167 Å². The van der Waals surface area contributed by atoms with Crippen molar-refractivity contribution in [3.05, 3.63) is 69.7 Å². The highest BCUT2D eigenvalue weighted by Crippen LogP contribution is 2.34. The van der Waals surface area contributed by atoms with E-state index < -0.39 is 29.2 Å². The zero-order chi connectivity index (χ0) is 21.6. The zero-order valence-corrected chi connectivity index (χ0v) is 16.5. The summed E-state index contributed by atoms with van der Waals surface area (Å²) in [5.74, 6) is -2.22. The summed E-state index contributed by atoms with van der Waals surface area (Å²) in [5.41, 5.74) is 0.438. The molecule has 0 spiro atoms. The molecule has 0 unspecified atom stereocenters. The van der Waals surface area contributed by atoms with Gasteiger partial charge >= 0.3 is 11.9 Å². The number of benzene rings is 1. The van der Waals surface area contributed by atoms with Crippen LogP contribution in [0.25, 0.3) is 0 Å². The Balaban J connectivity index is 2.52. The Morgan fingerprint density at radius 3 is 2.38 bits per heavy atom. The number of hydrogen-bond donors (Lipinski definition) is 2. The SMILES string of the molecule is C=C(C)COc1ccc([C@H](CC(=O)OC)c2c(O)c(C(=O)OC)c[nH]c2=O)cc1. The average Bonchev–Trinajstić information content (AvgIpc) is 2.71. The summed E-state index contributed by atoms with van der Waals surface area (Å²) in [6, 6.07) is 6.70. The largest absolute Gasteiger partial charge is 0.506 e. The summed E-state index contributed by atoms with van der Waals surface area (Å²) in [6.45, 7) is 5.96. The molecule has 8 nitrogen and oxygen atoms in total. The first-order valence-corrected chi connectivity index (χ1v) is 8.75. The lowest BCUT2D eigenvalue weighted by atomic mass is 9.88. The van der Waals surface area contributed by atoms with Gasteiger partial charge in [0.15, 0.2) is 0 Å². The van der Waals surface area contributed by atoms with E-state index in [0.29, 0.717) is 17.9 Å². The number of aromatic nitrogens is 1. The van der Waals surface area contributed by atoms with Gasteiger partial charge in [0, 0.05) is 12.1 Å². The minimum atomic E-state index is -0.856. The number of ether oxygens (including phenoxy) is 3. The van der Waals surface area contributed by atoms with Gasteiger partial charge in [0.25, 0.3) is 5.56 Å². The molecular weight excluding hydrogens is 378 g/mol. The summed E-state index contributed by atoms with van der Waals surface area (Å²) in [4.78, 5) is 38.7. The highest BCUT2D eigenvalue weighted by Gasteiger charge is 2.28. The van der Waals surface area contributed by atoms with Crippen LogP contribution < -0.4 is 10.3 Å². The summed E-state index contributed by atoms with van der Waals surface area (Å²) in [6.07, 6.45) is 0.848. The molecule has 0 aliphatic carbocycles. The number of methoxy groups -OCH3 is 2. The molecule has 1 aromatic heterocycles. The fourth-order valence-electron chi connectivity index (χ4n) is 2.76. The zero-order valence-electron chi connectivity index (χ0n) is 16.5. The second-order valence-corrected chi connectivity index (χ2v) is 6.43. The van der Waals surface area contributed by atoms with Crippen molar-refractivity contribution < 1.29 is 28.9 Å². The van der Waals surface area contributed by atoms with Gasteiger partial charge in [-0.15, -0.1) is 0 Å². The predicted octanol–water partition coefficient (Wildman–Crippen LogP) is 2.52. The second kappa shape index (κ2) is 9.59. The second-order valence-electron chi connectivity index (χ2n) is 6.43. The van der Waals surface area contributed by atoms with Gasteiger partial charge < -0.3 is 24.3 Å². The molecule has 0 saturated heterocycles. The summed E-state index contributed by atoms with van der Waals surface area (Å²) >= 11 is 0. The topological polar surface area (TPSA) is 115 Å². The van der Waals surface area contributed by atoms with Crippen molar-refractivity contribution in [1.29, 1.82) is 0 Å². The summed E-state index contributed by atoms with van der Waals surface area (Å²) in [7, 11) is 2.38. The smallest absolute Gasteiger partial charge is 0.343 e. The molecule has 0 aliphatic rings. The summed E-state index contributed by atoms with van der Waals surface area (Å²) in [5, 5.41) is 10.6. The number of rotatable bonds is 8. The van der Waals surface area contributed by atoms with Gasteiger partial charge in [-0.3, -0.25) is 9.59 Å². The lowest BCUT2D eigenvalue weighted by molar-refractivity contribution is -0.140. The van der Waals surface area contributed by atoms with Gasteiger partial charge in [0.2, 0.25) is 0 Å². The van der Waals surface area contributed by atoms with Crippen LogP contribution in [-0.4, -0.2) is 42.9 Å². The molecule has 2 N–H and O–H groups in total. The Morgan fingerprint density at radius 1 is 1.17 bits per heavy atom. The monoisotopic (exact) mass is 401 g/mol. The lowest BCUT2D eigenvalue weighted by Gasteiger charge is -2.18. The van der Waals surface area contributed by atoms with Crippen molar-refractivity contribution >= 4 is 11.9 Å². The third-order valence-corrected chi connectivity index (χ3v) is 4.22. The number of nitrogens with one attached hydrogen (secondary N) is 1. The highest BCUT2D eigenvalue weighted by atomic mass is 16.5. The number of hydrogen-bond acceptors (Lipinski definition) is 7. The fourth-order valence-corrected chi connectivity index (χ4v) is 2.76. The van der Waals surface area contributed by atoms with Crippen LogP contribution in [0.4, 0.5) is 0 Å². The predicted molar refractivity (Wildman–Crippen MR) is 105 cm³/mol. The molecule has 154 valence electrons. The van der Waals surface area contributed by atoms with E-state index in [4.69, 9.17) is 9.47 Å². The van der Waals surface area contributed by atoms with Crippen molar-refractivity contribution in [2.45, 2.75) is 19.3 Å². The van der Waals surface area contributed by atoms with E-state index in [0.717, 1.165) is 18.9 Å². The Bertz CT molecular complexity index is 960. The van der Waals surface area contributed by atoms with E-state index in [9.17, 15) is 19.5 Å². The summed E-state index contributed by atoms with van der Waals surface area (Å²) < 4.78 is 14.9. The highest BCUT2D eigenvalue weighted by molar-refractivity contribution is 5.92. The van der Waals surface area contributed by atoms with Gasteiger partial charge in [-0.1, -0.05) is 18.7 Å². The van der Waals surface area contributed by atoms with E-state index >= 15 is 0 Å². The van der Waals surface area contributed by atoms with Crippen LogP contribution in [0.5, 0.6) is 11.5 Å². The maximum atomic E-state index is 12.5. The molecule has 2 rings (SSSR count). The average molecular weight is 401 g/mol. The van der Waals surface area contributed by atoms with Crippen molar-refractivity contribution in [1.82, 2.24) is 4.98 Å². The van der Waals surface area contributed by atoms with Crippen molar-refractivity contribution in [3.8, 4) is 11.5 Å². The molecule has 2 aromatic rings. The third kappa shape index (κ3) is 5.25. The molecule has 0 saturated carbocycles. The Hall–Kier alpha value is -3.55. The quantitative estimate of drug-likeness (QED) is 0.516. The number of aromatic hydroxyl groups is 1. The number of pyridine rings is 1. The number of H-pyrrole nitrogens is 1. The first-order chi connectivity index (χ1) is 13.8. The number of esters is 2. The molecular formula is C21H23NO7. The van der Waals surface area contributed by atoms with Crippen molar-refractivity contribution in [2.75, 3.05) is 20.8 Å². The Kier molecular flexibility index (Phi) is 7.19. The molecule has 0 amide bonds. The Morgan fingerprint density at radius 2 is 1.83 bits per heavy atom. The number of carbonyl (C=O) groups excluding carboxylic acids is 2. The van der Waals surface area contributed by atoms with Crippen molar-refractivity contribution in [3.63, 3.8) is 0 Å². The van der Waals surface area contributed by atoms with Crippen LogP contribution in [0, 0.1) is 0 Å². The first-order valence-electron chi connectivity index (χ1n) is 8.75. The normalized spacial score (nSPS) is 11.4. The molecule has 1 atom stereocenters. The minimum absolute atomic E-state index is 0.131. The molecule has 0 aliphatic heterocycles. The van der Waals surface area contributed by atoms with E-state index in [-0.39, 0.29) is 17.5 Å². The van der Waals surface area contributed by atoms with Crippen molar-refractivity contribution in [2.24, 2.45) is 0 Å². The van der Waals surface area contributed by atoms with E-state index in [1.807, 2.05) is 6.92 Å². The van der Waals surface area contributed by atoms with Gasteiger partial charge in [0.05, 0.1) is 26.2 Å². The maximum Gasteiger partial charge on any atom is 0.343 e. The maximum absolute atomic E-state index is 12.5. The number of aromatic amines is 1. The van der Waals surface area contributed by atoms with Crippen LogP contribution in [0.15, 0.2) is 47.4 Å². The van der Waals surface area contributed by atoms with Crippen LogP contribution in [0.1, 0.15) is 40.7 Å². The molecule has 29 heavy (non-hydrogen) atoms. The molecule has 1 aromatic carbocycles. The molecule has 0 radical (unpaired) electrons. The minimum Gasteiger partial charge on any atom is -0.506 e. The fraction of sp³-hybridized carbons (Fsp3) is 0.286. The number of carbonyl (C=O) groups is 2. The van der Waals surface area contributed by atoms with E-state index in [2.05, 4.69) is 16.3 Å². The van der Waals surface area contributed by atoms with Gasteiger partial charge in [-0.25, -0.2) is 4.79 Å². The van der Waals surface area contributed by atoms with Gasteiger partial charge in [-0.2, -0.15) is 0 Å². The van der Waals surface area contributed by atoms with Gasteiger partial charge in [-0.05, 0) is 30.2 Å². The van der Waals surface area contributed by atoms with Gasteiger partial charge in [0.1, 0.15) is 23.7 Å². The van der Waals surface area contributed by atoms with Crippen LogP contribution in [0.3, 0.4) is 0 Å². The van der Waals surface area contributed by atoms with Crippen LogP contribution in [-0.2, 0) is 14.3 Å². The first kappa shape index (κ1) is 21.7. The molecule has 0 bridgehead atoms. The standard InChI is InChI=1S/C21H23NO7/c1-12(2)11-29-14-7-5-13(6-8-14)15(9-17(23)27-3)18-19(24)16(21(26)28-4)10-22-20(18)25/h5-8,10,15H,1,9,11H2,2-4H3,(H2,22,24,25)/t15-/m0/s1. The van der Waals surface area contributed by atoms with E-state index in [1.54, 1.807) is 24.3 Å². The molecule has 8 heteroatoms.